The van der Waals surface area contributed by atoms with E-state index >= 15 is 0 Å². The van der Waals surface area contributed by atoms with E-state index in [2.05, 4.69) is 30.2 Å². The van der Waals surface area contributed by atoms with E-state index in [1.807, 2.05) is 30.3 Å². The van der Waals surface area contributed by atoms with E-state index in [0.717, 1.165) is 22.5 Å². The number of H-pyrrole nitrogens is 1. The third-order valence-electron chi connectivity index (χ3n) is 6.17. The highest BCUT2D eigenvalue weighted by Gasteiger charge is 2.35. The molecule has 160 valence electrons. The van der Waals surface area contributed by atoms with E-state index in [4.69, 9.17) is 9.47 Å². The molecule has 3 heterocycles. The van der Waals surface area contributed by atoms with E-state index < -0.39 is 0 Å². The van der Waals surface area contributed by atoms with Gasteiger partial charge in [-0.15, -0.1) is 0 Å². The molecule has 31 heavy (non-hydrogen) atoms. The lowest BCUT2D eigenvalue weighted by molar-refractivity contribution is -0.126. The molecule has 0 spiro atoms. The van der Waals surface area contributed by atoms with Crippen LogP contribution in [0.4, 0.5) is 5.69 Å². The van der Waals surface area contributed by atoms with Crippen molar-refractivity contribution in [3.05, 3.63) is 53.2 Å². The van der Waals surface area contributed by atoms with Crippen molar-refractivity contribution in [2.45, 2.75) is 26.8 Å². The first-order valence-corrected chi connectivity index (χ1v) is 10.5. The molecule has 2 aliphatic rings. The number of aryl methyl sites for hydroxylation is 2. The third-order valence-corrected chi connectivity index (χ3v) is 6.17. The quantitative estimate of drug-likeness (QED) is 0.680. The number of nitrogens with one attached hydrogen (secondary N) is 2. The van der Waals surface area contributed by atoms with Gasteiger partial charge in [-0.25, -0.2) is 0 Å². The second-order valence-electron chi connectivity index (χ2n) is 8.21. The number of carbonyl (C=O) groups is 2. The Morgan fingerprint density at radius 2 is 1.94 bits per heavy atom. The molecule has 2 amide bonds. The number of hydrogen-bond acceptors (Lipinski definition) is 4. The summed E-state index contributed by atoms with van der Waals surface area (Å²) in [6.07, 6.45) is 0.204. The fraction of sp³-hybridized carbons (Fsp3) is 0.333. The second kappa shape index (κ2) is 7.65. The molecule has 7 nitrogen and oxygen atoms in total. The van der Waals surface area contributed by atoms with Gasteiger partial charge in [0.2, 0.25) is 11.8 Å². The first-order chi connectivity index (χ1) is 15.0. The van der Waals surface area contributed by atoms with Gasteiger partial charge < -0.3 is 24.7 Å². The van der Waals surface area contributed by atoms with Crippen LogP contribution in [0.25, 0.3) is 10.9 Å². The summed E-state index contributed by atoms with van der Waals surface area (Å²) in [7, 11) is 0. The molecule has 3 aromatic rings. The summed E-state index contributed by atoms with van der Waals surface area (Å²) in [6.45, 7) is 5.96. The number of nitrogens with zero attached hydrogens (tertiary/aromatic N) is 1. The molecule has 0 bridgehead atoms. The SMILES string of the molecule is Cc1[nH]c2ccc(CNC(=O)C3CC(=O)N(c4ccc5c(c4)OCCO5)C3)cc2c1C. The lowest BCUT2D eigenvalue weighted by Crippen LogP contribution is -2.32. The van der Waals surface area contributed by atoms with Gasteiger partial charge in [-0.3, -0.25) is 9.59 Å². The lowest BCUT2D eigenvalue weighted by atomic mass is 10.1. The zero-order valence-corrected chi connectivity index (χ0v) is 17.7. The number of fused-ring (bicyclic) bond motifs is 2. The zero-order valence-electron chi connectivity index (χ0n) is 17.7. The van der Waals surface area contributed by atoms with Crippen molar-refractivity contribution in [2.24, 2.45) is 5.92 Å². The van der Waals surface area contributed by atoms with Crippen LogP contribution in [0.2, 0.25) is 0 Å². The summed E-state index contributed by atoms with van der Waals surface area (Å²) in [6, 6.07) is 11.6. The lowest BCUT2D eigenvalue weighted by Gasteiger charge is -2.22. The van der Waals surface area contributed by atoms with Gasteiger partial charge in [0.05, 0.1) is 5.92 Å². The zero-order chi connectivity index (χ0) is 21.5. The molecule has 0 aliphatic carbocycles. The summed E-state index contributed by atoms with van der Waals surface area (Å²) >= 11 is 0. The molecule has 1 unspecified atom stereocenters. The molecule has 0 saturated carbocycles. The van der Waals surface area contributed by atoms with E-state index in [-0.39, 0.29) is 24.2 Å². The van der Waals surface area contributed by atoms with E-state index in [1.54, 1.807) is 4.90 Å². The van der Waals surface area contributed by atoms with Crippen LogP contribution in [0.1, 0.15) is 23.2 Å². The normalized spacial score (nSPS) is 17.9. The minimum atomic E-state index is -0.374. The van der Waals surface area contributed by atoms with Crippen molar-refractivity contribution < 1.29 is 19.1 Å². The highest BCUT2D eigenvalue weighted by molar-refractivity contribution is 6.00. The molecular formula is C24H25N3O4. The number of ether oxygens (including phenoxy) is 2. The topological polar surface area (TPSA) is 83.7 Å². The van der Waals surface area contributed by atoms with Crippen LogP contribution in [-0.4, -0.2) is 36.6 Å². The van der Waals surface area contributed by atoms with Gasteiger partial charge in [0, 0.05) is 47.9 Å². The number of carbonyl (C=O) groups excluding carboxylic acids is 2. The Labute approximate surface area is 180 Å². The summed E-state index contributed by atoms with van der Waals surface area (Å²) < 4.78 is 11.2. The number of hydrogen-bond donors (Lipinski definition) is 2. The molecular weight excluding hydrogens is 394 g/mol. The van der Waals surface area contributed by atoms with Crippen molar-refractivity contribution >= 4 is 28.4 Å². The van der Waals surface area contributed by atoms with E-state index in [1.165, 1.54) is 10.9 Å². The standard InChI is InChI=1S/C24H25N3O4/c1-14-15(2)26-20-5-3-16(9-19(14)20)12-25-24(29)17-10-23(28)27(13-17)18-4-6-21-22(11-18)31-8-7-30-21/h3-6,9,11,17,26H,7-8,10,12-13H2,1-2H3,(H,25,29). The van der Waals surface area contributed by atoms with Crippen LogP contribution in [0.3, 0.4) is 0 Å². The van der Waals surface area contributed by atoms with Crippen molar-refractivity contribution in [3.63, 3.8) is 0 Å². The molecule has 2 aliphatic heterocycles. The van der Waals surface area contributed by atoms with Gasteiger partial charge in [0.15, 0.2) is 11.5 Å². The fourth-order valence-corrected chi connectivity index (χ4v) is 4.28. The predicted molar refractivity (Wildman–Crippen MR) is 118 cm³/mol. The molecule has 0 radical (unpaired) electrons. The maximum atomic E-state index is 12.8. The van der Waals surface area contributed by atoms with E-state index in [9.17, 15) is 9.59 Å². The summed E-state index contributed by atoms with van der Waals surface area (Å²) in [5, 5.41) is 4.17. The van der Waals surface area contributed by atoms with Gasteiger partial charge in [-0.2, -0.15) is 0 Å². The van der Waals surface area contributed by atoms with Gasteiger partial charge in [0.1, 0.15) is 13.2 Å². The Bertz CT molecular complexity index is 1180. The molecule has 1 saturated heterocycles. The van der Waals surface area contributed by atoms with Crippen LogP contribution in [-0.2, 0) is 16.1 Å². The Hall–Kier alpha value is -3.48. The van der Waals surface area contributed by atoms with Gasteiger partial charge in [0.25, 0.3) is 0 Å². The van der Waals surface area contributed by atoms with Crippen LogP contribution in [0, 0.1) is 19.8 Å². The van der Waals surface area contributed by atoms with Gasteiger partial charge in [-0.05, 0) is 49.2 Å². The molecule has 1 fully saturated rings. The predicted octanol–water partition coefficient (Wildman–Crippen LogP) is 3.23. The smallest absolute Gasteiger partial charge is 0.227 e. The Morgan fingerprint density at radius 3 is 2.77 bits per heavy atom. The number of benzene rings is 2. The van der Waals surface area contributed by atoms with Gasteiger partial charge in [-0.1, -0.05) is 6.07 Å². The Morgan fingerprint density at radius 1 is 1.13 bits per heavy atom. The van der Waals surface area contributed by atoms with Crippen LogP contribution in [0.15, 0.2) is 36.4 Å². The van der Waals surface area contributed by atoms with Crippen molar-refractivity contribution in [2.75, 3.05) is 24.7 Å². The number of aromatic nitrogens is 1. The molecule has 2 aromatic carbocycles. The number of amides is 2. The van der Waals surface area contributed by atoms with Crippen LogP contribution in [0.5, 0.6) is 11.5 Å². The van der Waals surface area contributed by atoms with Crippen molar-refractivity contribution in [1.82, 2.24) is 10.3 Å². The Balaban J connectivity index is 1.24. The first kappa shape index (κ1) is 19.5. The molecule has 2 N–H and O–H groups in total. The van der Waals surface area contributed by atoms with Crippen molar-refractivity contribution in [3.8, 4) is 11.5 Å². The Kier molecular flexibility index (Phi) is 4.81. The number of aromatic amines is 1. The van der Waals surface area contributed by atoms with E-state index in [0.29, 0.717) is 37.8 Å². The van der Waals surface area contributed by atoms with Crippen LogP contribution >= 0.6 is 0 Å². The highest BCUT2D eigenvalue weighted by atomic mass is 16.6. The third kappa shape index (κ3) is 3.60. The summed E-state index contributed by atoms with van der Waals surface area (Å²) in [4.78, 5) is 30.4. The average molecular weight is 419 g/mol. The molecule has 1 atom stereocenters. The van der Waals surface area contributed by atoms with Crippen molar-refractivity contribution in [1.29, 1.82) is 0 Å². The maximum Gasteiger partial charge on any atom is 0.227 e. The minimum absolute atomic E-state index is 0.0586. The molecule has 5 rings (SSSR count). The number of anilines is 1. The fourth-order valence-electron chi connectivity index (χ4n) is 4.28. The minimum Gasteiger partial charge on any atom is -0.486 e. The van der Waals surface area contributed by atoms with Crippen LogP contribution < -0.4 is 19.7 Å². The largest absolute Gasteiger partial charge is 0.486 e. The molecule has 1 aromatic heterocycles. The maximum absolute atomic E-state index is 12.8. The second-order valence-corrected chi connectivity index (χ2v) is 8.21. The monoisotopic (exact) mass is 419 g/mol. The summed E-state index contributed by atoms with van der Waals surface area (Å²) in [5.41, 5.74) is 5.24. The highest BCUT2D eigenvalue weighted by Crippen LogP contribution is 2.36. The molecule has 7 heteroatoms. The first-order valence-electron chi connectivity index (χ1n) is 10.5. The summed E-state index contributed by atoms with van der Waals surface area (Å²) in [5.74, 6) is 0.781. The van der Waals surface area contributed by atoms with Gasteiger partial charge >= 0.3 is 0 Å². The number of rotatable bonds is 4. The average Bonchev–Trinajstić information content (AvgIpc) is 3.31.